The SMILES string of the molecule is CCN(C)/C=N/c1cnc(C(=O)CSc2ccc(F)cc2)nc1C. The van der Waals surface area contributed by atoms with Gasteiger partial charge in [0.15, 0.2) is 5.82 Å². The standard InChI is InChI=1S/C17H19FN4OS/c1-4-22(3)11-20-15-9-19-17(21-12(15)2)16(23)10-24-14-7-5-13(18)6-8-14/h5-9,11H,4,10H2,1-3H3/b20-11+. The van der Waals surface area contributed by atoms with E-state index in [9.17, 15) is 9.18 Å². The molecule has 0 N–H and O–H groups in total. The van der Waals surface area contributed by atoms with Gasteiger partial charge in [-0.25, -0.2) is 19.4 Å². The highest BCUT2D eigenvalue weighted by Crippen LogP contribution is 2.20. The number of hydrogen-bond donors (Lipinski definition) is 0. The molecule has 2 rings (SSSR count). The van der Waals surface area contributed by atoms with Crippen LogP contribution >= 0.6 is 11.8 Å². The third-order valence-corrected chi connectivity index (χ3v) is 4.29. The zero-order valence-electron chi connectivity index (χ0n) is 13.9. The van der Waals surface area contributed by atoms with Crippen LogP contribution < -0.4 is 0 Å². The number of halogens is 1. The third kappa shape index (κ3) is 5.13. The van der Waals surface area contributed by atoms with Crippen molar-refractivity contribution in [3.05, 3.63) is 47.8 Å². The van der Waals surface area contributed by atoms with Crippen LogP contribution in [-0.4, -0.2) is 46.3 Å². The van der Waals surface area contributed by atoms with Gasteiger partial charge in [0.2, 0.25) is 5.78 Å². The highest BCUT2D eigenvalue weighted by atomic mass is 32.2. The number of nitrogens with zero attached hydrogens (tertiary/aromatic N) is 4. The van der Waals surface area contributed by atoms with Crippen LogP contribution in [0.2, 0.25) is 0 Å². The molecule has 0 fully saturated rings. The second-order valence-electron chi connectivity index (χ2n) is 5.15. The average Bonchev–Trinajstić information content (AvgIpc) is 2.59. The first-order valence-corrected chi connectivity index (χ1v) is 8.47. The largest absolute Gasteiger partial charge is 0.366 e. The van der Waals surface area contributed by atoms with Gasteiger partial charge in [0.25, 0.3) is 0 Å². The molecule has 24 heavy (non-hydrogen) atoms. The Labute approximate surface area is 145 Å². The number of Topliss-reactive ketones (excluding diaryl/α,β-unsaturated/α-hetero) is 1. The number of aliphatic imine (C=N–C) groups is 1. The van der Waals surface area contributed by atoms with Gasteiger partial charge in [-0.15, -0.1) is 11.8 Å². The Morgan fingerprint density at radius 3 is 2.71 bits per heavy atom. The predicted molar refractivity (Wildman–Crippen MR) is 94.7 cm³/mol. The summed E-state index contributed by atoms with van der Waals surface area (Å²) in [5, 5.41) is 0. The molecule has 0 atom stereocenters. The molecule has 0 aliphatic rings. The summed E-state index contributed by atoms with van der Waals surface area (Å²) in [4.78, 5) is 27.6. The highest BCUT2D eigenvalue weighted by Gasteiger charge is 2.12. The molecule has 5 nitrogen and oxygen atoms in total. The predicted octanol–water partition coefficient (Wildman–Crippen LogP) is 3.51. The van der Waals surface area contributed by atoms with Crippen LogP contribution in [0, 0.1) is 12.7 Å². The number of aromatic nitrogens is 2. The number of thioether (sulfide) groups is 1. The first-order valence-electron chi connectivity index (χ1n) is 7.49. The molecule has 0 aliphatic heterocycles. The van der Waals surface area contributed by atoms with Crippen molar-refractivity contribution < 1.29 is 9.18 Å². The maximum Gasteiger partial charge on any atom is 0.210 e. The average molecular weight is 346 g/mol. The summed E-state index contributed by atoms with van der Waals surface area (Å²) in [7, 11) is 1.92. The molecule has 1 heterocycles. The molecule has 0 bridgehead atoms. The van der Waals surface area contributed by atoms with Crippen LogP contribution in [0.5, 0.6) is 0 Å². The molecule has 0 unspecified atom stereocenters. The molecule has 2 aromatic rings. The maximum absolute atomic E-state index is 12.9. The molecule has 126 valence electrons. The molecule has 0 amide bonds. The second kappa shape index (κ2) is 8.54. The Bertz CT molecular complexity index is 734. The minimum absolute atomic E-state index is 0.171. The van der Waals surface area contributed by atoms with Crippen molar-refractivity contribution in [3.63, 3.8) is 0 Å². The fourth-order valence-electron chi connectivity index (χ4n) is 1.71. The summed E-state index contributed by atoms with van der Waals surface area (Å²) < 4.78 is 12.9. The van der Waals surface area contributed by atoms with Crippen molar-refractivity contribution in [1.82, 2.24) is 14.9 Å². The molecule has 0 radical (unpaired) electrons. The molecule has 7 heteroatoms. The van der Waals surface area contributed by atoms with Gasteiger partial charge in [-0.2, -0.15) is 0 Å². The maximum atomic E-state index is 12.9. The number of rotatable bonds is 7. The second-order valence-corrected chi connectivity index (χ2v) is 6.20. The van der Waals surface area contributed by atoms with Crippen LogP contribution in [0.3, 0.4) is 0 Å². The van der Waals surface area contributed by atoms with E-state index in [-0.39, 0.29) is 23.2 Å². The van der Waals surface area contributed by atoms with Gasteiger partial charge >= 0.3 is 0 Å². The minimum Gasteiger partial charge on any atom is -0.366 e. The number of carbonyl (C=O) groups excluding carboxylic acids is 1. The Morgan fingerprint density at radius 2 is 2.08 bits per heavy atom. The van der Waals surface area contributed by atoms with E-state index in [0.717, 1.165) is 11.4 Å². The van der Waals surface area contributed by atoms with Crippen molar-refractivity contribution in [3.8, 4) is 0 Å². The Morgan fingerprint density at radius 1 is 1.38 bits per heavy atom. The lowest BCUT2D eigenvalue weighted by Crippen LogP contribution is -2.14. The van der Waals surface area contributed by atoms with E-state index in [1.165, 1.54) is 23.9 Å². The first-order chi connectivity index (χ1) is 11.5. The Hall–Kier alpha value is -2.28. The first kappa shape index (κ1) is 18.1. The molecule has 0 aliphatic carbocycles. The molecule has 0 saturated heterocycles. The number of hydrogen-bond acceptors (Lipinski definition) is 5. The van der Waals surface area contributed by atoms with Crippen molar-refractivity contribution in [2.24, 2.45) is 4.99 Å². The van der Waals surface area contributed by atoms with Gasteiger partial charge in [0.05, 0.1) is 24.0 Å². The van der Waals surface area contributed by atoms with Gasteiger partial charge in [0.1, 0.15) is 11.5 Å². The lowest BCUT2D eigenvalue weighted by Gasteiger charge is -2.08. The molecule has 0 spiro atoms. The van der Waals surface area contributed by atoms with E-state index in [1.807, 2.05) is 18.9 Å². The summed E-state index contributed by atoms with van der Waals surface area (Å²) >= 11 is 1.33. The Kier molecular flexibility index (Phi) is 6.43. The number of carbonyl (C=O) groups is 1. The van der Waals surface area contributed by atoms with E-state index >= 15 is 0 Å². The van der Waals surface area contributed by atoms with Crippen LogP contribution in [-0.2, 0) is 0 Å². The topological polar surface area (TPSA) is 58.5 Å². The molecule has 1 aromatic carbocycles. The molecule has 1 aromatic heterocycles. The van der Waals surface area contributed by atoms with E-state index in [2.05, 4.69) is 15.0 Å². The van der Waals surface area contributed by atoms with E-state index in [4.69, 9.17) is 0 Å². The normalized spacial score (nSPS) is 11.0. The quantitative estimate of drug-likeness (QED) is 0.332. The fraction of sp³-hybridized carbons (Fsp3) is 0.294. The van der Waals surface area contributed by atoms with Crippen LogP contribution in [0.4, 0.5) is 10.1 Å². The Balaban J connectivity index is 2.01. The van der Waals surface area contributed by atoms with Crippen LogP contribution in [0.15, 0.2) is 40.4 Å². The van der Waals surface area contributed by atoms with Gasteiger partial charge in [-0.05, 0) is 38.1 Å². The number of ketones is 1. The molecule has 0 saturated carbocycles. The summed E-state index contributed by atoms with van der Waals surface area (Å²) in [6.07, 6.45) is 3.26. The smallest absolute Gasteiger partial charge is 0.210 e. The zero-order valence-corrected chi connectivity index (χ0v) is 14.7. The van der Waals surface area contributed by atoms with Gasteiger partial charge < -0.3 is 4.90 Å². The number of aryl methyl sites for hydroxylation is 1. The summed E-state index contributed by atoms with van der Waals surface area (Å²) in [5.41, 5.74) is 1.29. The van der Waals surface area contributed by atoms with E-state index in [1.54, 1.807) is 31.6 Å². The molecular weight excluding hydrogens is 327 g/mol. The van der Waals surface area contributed by atoms with Gasteiger partial charge in [-0.3, -0.25) is 4.79 Å². The van der Waals surface area contributed by atoms with Crippen LogP contribution in [0.25, 0.3) is 0 Å². The van der Waals surface area contributed by atoms with E-state index in [0.29, 0.717) is 11.4 Å². The summed E-state index contributed by atoms with van der Waals surface area (Å²) in [6, 6.07) is 6.02. The van der Waals surface area contributed by atoms with Crippen molar-refractivity contribution in [2.75, 3.05) is 19.3 Å². The summed E-state index contributed by atoms with van der Waals surface area (Å²) in [5.74, 6) is -0.0975. The van der Waals surface area contributed by atoms with Crippen molar-refractivity contribution in [2.45, 2.75) is 18.7 Å². The third-order valence-electron chi connectivity index (χ3n) is 3.28. The minimum atomic E-state index is -0.297. The molecular formula is C17H19FN4OS. The van der Waals surface area contributed by atoms with Crippen LogP contribution in [0.1, 0.15) is 23.2 Å². The van der Waals surface area contributed by atoms with Gasteiger partial charge in [-0.1, -0.05) is 0 Å². The monoisotopic (exact) mass is 346 g/mol. The number of benzene rings is 1. The highest BCUT2D eigenvalue weighted by molar-refractivity contribution is 8.00. The zero-order chi connectivity index (χ0) is 17.5. The van der Waals surface area contributed by atoms with Gasteiger partial charge in [0, 0.05) is 18.5 Å². The lowest BCUT2D eigenvalue weighted by molar-refractivity contribution is 0.101. The van der Waals surface area contributed by atoms with Crippen molar-refractivity contribution in [1.29, 1.82) is 0 Å². The van der Waals surface area contributed by atoms with Crippen molar-refractivity contribution >= 4 is 29.6 Å². The summed E-state index contributed by atoms with van der Waals surface area (Å²) in [6.45, 7) is 4.67. The lowest BCUT2D eigenvalue weighted by atomic mass is 10.3. The fourth-order valence-corrected chi connectivity index (χ4v) is 2.46. The van der Waals surface area contributed by atoms with E-state index < -0.39 is 0 Å².